The molecule has 2 aromatic rings. The maximum absolute atomic E-state index is 13.9. The summed E-state index contributed by atoms with van der Waals surface area (Å²) in [5, 5.41) is 0. The van der Waals surface area contributed by atoms with Crippen molar-refractivity contribution in [2.75, 3.05) is 19.7 Å². The van der Waals surface area contributed by atoms with Crippen LogP contribution in [-0.4, -0.2) is 64.2 Å². The molecule has 0 spiro atoms. The minimum absolute atomic E-state index is 0.0554. The van der Waals surface area contributed by atoms with E-state index in [1.807, 2.05) is 48.5 Å². The van der Waals surface area contributed by atoms with Crippen LogP contribution in [0.3, 0.4) is 0 Å². The van der Waals surface area contributed by atoms with Crippen LogP contribution in [0.15, 0.2) is 54.7 Å². The average molecular weight is 492 g/mol. The van der Waals surface area contributed by atoms with Gasteiger partial charge in [0.05, 0.1) is 18.4 Å². The van der Waals surface area contributed by atoms with E-state index in [1.54, 1.807) is 18.0 Å². The molecule has 0 radical (unpaired) electrons. The Morgan fingerprint density at radius 1 is 1.08 bits per heavy atom. The lowest BCUT2D eigenvalue weighted by atomic mass is 9.75. The van der Waals surface area contributed by atoms with Crippen molar-refractivity contribution in [3.05, 3.63) is 66.0 Å². The zero-order valence-electron chi connectivity index (χ0n) is 20.7. The van der Waals surface area contributed by atoms with Gasteiger partial charge in [-0.2, -0.15) is 0 Å². The van der Waals surface area contributed by atoms with Crippen molar-refractivity contribution in [3.8, 4) is 0 Å². The maximum Gasteiger partial charge on any atom is 0.307 e. The highest BCUT2D eigenvalue weighted by molar-refractivity contribution is 6.10. The molecule has 3 heterocycles. The van der Waals surface area contributed by atoms with E-state index in [-0.39, 0.29) is 55.5 Å². The first-order valence-electron chi connectivity index (χ1n) is 12.7. The molecule has 2 fully saturated rings. The highest BCUT2D eigenvalue weighted by Crippen LogP contribution is 2.41. The second-order valence-electron chi connectivity index (χ2n) is 9.47. The van der Waals surface area contributed by atoms with Gasteiger partial charge in [-0.1, -0.05) is 36.4 Å². The minimum atomic E-state index is -1.26. The number of pyridine rings is 1. The van der Waals surface area contributed by atoms with E-state index >= 15 is 0 Å². The molecule has 8 heteroatoms. The van der Waals surface area contributed by atoms with Gasteiger partial charge in [-0.3, -0.25) is 29.1 Å². The van der Waals surface area contributed by atoms with Crippen LogP contribution in [0.25, 0.3) is 0 Å². The van der Waals surface area contributed by atoms with E-state index in [1.165, 1.54) is 4.90 Å². The molecule has 190 valence electrons. The van der Waals surface area contributed by atoms with Crippen LogP contribution in [0.4, 0.5) is 0 Å². The van der Waals surface area contributed by atoms with E-state index in [9.17, 15) is 19.2 Å². The van der Waals surface area contributed by atoms with Gasteiger partial charge in [-0.25, -0.2) is 0 Å². The molecule has 0 bridgehead atoms. The van der Waals surface area contributed by atoms with E-state index in [0.717, 1.165) is 18.5 Å². The number of carbonyl (C=O) groups excluding carboxylic acids is 4. The van der Waals surface area contributed by atoms with Crippen LogP contribution in [0.1, 0.15) is 56.7 Å². The Labute approximate surface area is 211 Å². The van der Waals surface area contributed by atoms with Gasteiger partial charge >= 0.3 is 5.97 Å². The smallest absolute Gasteiger partial charge is 0.307 e. The Morgan fingerprint density at radius 2 is 1.86 bits per heavy atom. The predicted octanol–water partition coefficient (Wildman–Crippen LogP) is 3.05. The van der Waals surface area contributed by atoms with Gasteiger partial charge in [0.1, 0.15) is 0 Å². The van der Waals surface area contributed by atoms with Crippen molar-refractivity contribution in [1.29, 1.82) is 0 Å². The number of hydrogen-bond donors (Lipinski definition) is 0. The van der Waals surface area contributed by atoms with Crippen LogP contribution in [0, 0.1) is 0 Å². The molecule has 2 aliphatic rings. The minimum Gasteiger partial charge on any atom is -0.466 e. The average Bonchev–Trinajstić information content (AvgIpc) is 3.13. The number of hydrogen-bond acceptors (Lipinski definition) is 6. The number of likely N-dealkylation sites (tertiary alicyclic amines) is 2. The molecule has 2 atom stereocenters. The Bertz CT molecular complexity index is 1090. The monoisotopic (exact) mass is 491 g/mol. The van der Waals surface area contributed by atoms with Crippen molar-refractivity contribution < 1.29 is 23.9 Å². The summed E-state index contributed by atoms with van der Waals surface area (Å²) in [7, 11) is 0. The summed E-state index contributed by atoms with van der Waals surface area (Å²) >= 11 is 0. The molecule has 2 aliphatic heterocycles. The van der Waals surface area contributed by atoms with Gasteiger partial charge in [0.25, 0.3) is 0 Å². The number of aromatic nitrogens is 1. The molecule has 8 nitrogen and oxygen atoms in total. The number of nitrogens with zero attached hydrogens (tertiary/aromatic N) is 3. The summed E-state index contributed by atoms with van der Waals surface area (Å²) in [5.74, 6) is -1.16. The fourth-order valence-electron chi connectivity index (χ4n) is 5.34. The first-order chi connectivity index (χ1) is 17.4. The Kier molecular flexibility index (Phi) is 8.13. The summed E-state index contributed by atoms with van der Waals surface area (Å²) in [6, 6.07) is 14.4. The number of esters is 1. The molecule has 1 aromatic heterocycles. The number of ether oxygens (including phenoxy) is 1. The molecule has 1 aromatic carbocycles. The van der Waals surface area contributed by atoms with Gasteiger partial charge in [-0.15, -0.1) is 0 Å². The normalized spacial score (nSPS) is 22.1. The second kappa shape index (κ2) is 11.5. The Balaban J connectivity index is 1.57. The number of piperidine rings is 1. The van der Waals surface area contributed by atoms with Crippen LogP contribution < -0.4 is 0 Å². The molecular weight excluding hydrogens is 458 g/mol. The summed E-state index contributed by atoms with van der Waals surface area (Å²) in [4.78, 5) is 60.2. The van der Waals surface area contributed by atoms with Crippen LogP contribution in [0.2, 0.25) is 0 Å². The summed E-state index contributed by atoms with van der Waals surface area (Å²) in [6.45, 7) is 2.79. The van der Waals surface area contributed by atoms with Gasteiger partial charge in [0, 0.05) is 50.3 Å². The van der Waals surface area contributed by atoms with E-state index in [0.29, 0.717) is 31.6 Å². The Hall–Kier alpha value is -3.55. The molecule has 2 saturated heterocycles. The molecule has 0 aliphatic carbocycles. The Morgan fingerprint density at radius 3 is 2.58 bits per heavy atom. The van der Waals surface area contributed by atoms with E-state index in [4.69, 9.17) is 4.74 Å². The highest BCUT2D eigenvalue weighted by Gasteiger charge is 2.54. The largest absolute Gasteiger partial charge is 0.466 e. The molecule has 3 amide bonds. The molecule has 4 rings (SSSR count). The SMILES string of the molecule is CCOC(=O)C[C@H]1CCCCN1C(=O)C[C@@]1(c2ccccc2)CC(=O)N(CCc2ccccn2)C1=O. The fraction of sp³-hybridized carbons (Fsp3) is 0.464. The number of amides is 3. The second-order valence-corrected chi connectivity index (χ2v) is 9.47. The topological polar surface area (TPSA) is 96.9 Å². The van der Waals surface area contributed by atoms with E-state index < -0.39 is 5.41 Å². The number of benzene rings is 1. The lowest BCUT2D eigenvalue weighted by molar-refractivity contribution is -0.148. The lowest BCUT2D eigenvalue weighted by Crippen LogP contribution is -2.49. The van der Waals surface area contributed by atoms with Crippen molar-refractivity contribution >= 4 is 23.7 Å². The zero-order chi connectivity index (χ0) is 25.5. The van der Waals surface area contributed by atoms with Gasteiger partial charge in [0.2, 0.25) is 17.7 Å². The highest BCUT2D eigenvalue weighted by atomic mass is 16.5. The number of rotatable bonds is 9. The first kappa shape index (κ1) is 25.5. The van der Waals surface area contributed by atoms with E-state index in [2.05, 4.69) is 4.98 Å². The van der Waals surface area contributed by atoms with Gasteiger partial charge in [-0.05, 0) is 43.9 Å². The molecule has 0 saturated carbocycles. The van der Waals surface area contributed by atoms with Gasteiger partial charge in [0.15, 0.2) is 0 Å². The zero-order valence-corrected chi connectivity index (χ0v) is 20.7. The third kappa shape index (κ3) is 5.48. The van der Waals surface area contributed by atoms with Crippen LogP contribution in [0.5, 0.6) is 0 Å². The number of imide groups is 1. The number of carbonyl (C=O) groups is 4. The van der Waals surface area contributed by atoms with Crippen molar-refractivity contribution in [1.82, 2.24) is 14.8 Å². The van der Waals surface area contributed by atoms with Crippen molar-refractivity contribution in [2.45, 2.75) is 63.3 Å². The molecule has 0 N–H and O–H groups in total. The molecule has 0 unspecified atom stereocenters. The van der Waals surface area contributed by atoms with Gasteiger partial charge < -0.3 is 9.64 Å². The van der Waals surface area contributed by atoms with Crippen molar-refractivity contribution in [3.63, 3.8) is 0 Å². The lowest BCUT2D eigenvalue weighted by Gasteiger charge is -2.37. The quantitative estimate of drug-likeness (QED) is 0.395. The summed E-state index contributed by atoms with van der Waals surface area (Å²) < 4.78 is 5.12. The summed E-state index contributed by atoms with van der Waals surface area (Å²) in [5.41, 5.74) is 0.198. The predicted molar refractivity (Wildman–Crippen MR) is 133 cm³/mol. The molecule has 36 heavy (non-hydrogen) atoms. The summed E-state index contributed by atoms with van der Waals surface area (Å²) in [6.07, 6.45) is 4.59. The third-order valence-electron chi connectivity index (χ3n) is 7.16. The van der Waals surface area contributed by atoms with Crippen LogP contribution in [-0.2, 0) is 35.8 Å². The third-order valence-corrected chi connectivity index (χ3v) is 7.16. The fourth-order valence-corrected chi connectivity index (χ4v) is 5.34. The maximum atomic E-state index is 13.9. The van der Waals surface area contributed by atoms with Crippen LogP contribution >= 0.6 is 0 Å². The first-order valence-corrected chi connectivity index (χ1v) is 12.7. The van der Waals surface area contributed by atoms with Crippen molar-refractivity contribution in [2.24, 2.45) is 0 Å². The molecular formula is C28H33N3O5. The standard InChI is InChI=1S/C28H33N3O5/c1-2-36-26(34)18-23-13-7-9-16-30(23)24(32)19-28(21-10-4-3-5-11-21)20-25(33)31(27(28)35)17-14-22-12-6-8-15-29-22/h3-6,8,10-12,15,23H,2,7,9,13-14,16-20H2,1H3/t23-,28+/m1/s1.